The van der Waals surface area contributed by atoms with Crippen LogP contribution in [0, 0.1) is 18.3 Å². The summed E-state index contributed by atoms with van der Waals surface area (Å²) in [4.78, 5) is 4.05. The summed E-state index contributed by atoms with van der Waals surface area (Å²) in [6.07, 6.45) is 2.17. The lowest BCUT2D eigenvalue weighted by Crippen LogP contribution is -1.94. The normalized spacial score (nSPS) is 9.30. The molecular formula is C7H9N3. The number of aromatic nitrogens is 2. The van der Waals surface area contributed by atoms with Crippen LogP contribution in [0.1, 0.15) is 11.4 Å². The molecule has 1 heterocycles. The molecule has 10 heavy (non-hydrogen) atoms. The standard InChI is InChI=1S/C7H9N3/c1-6-7(3-4-8)10(2)5-9-6/h5H,3H2,1-2H3. The zero-order valence-electron chi connectivity index (χ0n) is 6.13. The molecule has 1 aromatic heterocycles. The summed E-state index contributed by atoms with van der Waals surface area (Å²) in [6.45, 7) is 1.91. The fraction of sp³-hybridized carbons (Fsp3) is 0.429. The van der Waals surface area contributed by atoms with Crippen LogP contribution in [0.5, 0.6) is 0 Å². The summed E-state index contributed by atoms with van der Waals surface area (Å²) in [5.41, 5.74) is 1.95. The van der Waals surface area contributed by atoms with E-state index < -0.39 is 0 Å². The van der Waals surface area contributed by atoms with E-state index in [1.165, 1.54) is 0 Å². The predicted octanol–water partition coefficient (Wildman–Crippen LogP) is 0.795. The number of imidazole rings is 1. The molecule has 0 aliphatic carbocycles. The summed E-state index contributed by atoms with van der Waals surface area (Å²) in [5.74, 6) is 0. The van der Waals surface area contributed by atoms with Gasteiger partial charge in [0, 0.05) is 7.05 Å². The second-order valence-corrected chi connectivity index (χ2v) is 2.22. The quantitative estimate of drug-likeness (QED) is 0.571. The Bertz CT molecular complexity index is 247. The summed E-state index contributed by atoms with van der Waals surface area (Å²) in [7, 11) is 1.90. The fourth-order valence-electron chi connectivity index (χ4n) is 0.900. The number of aryl methyl sites for hydroxylation is 2. The molecule has 3 nitrogen and oxygen atoms in total. The van der Waals surface area contributed by atoms with Gasteiger partial charge in [-0.3, -0.25) is 0 Å². The Hall–Kier alpha value is -1.30. The van der Waals surface area contributed by atoms with Crippen molar-refractivity contribution in [2.45, 2.75) is 13.3 Å². The number of nitriles is 1. The average molecular weight is 135 g/mol. The third-order valence-corrected chi connectivity index (χ3v) is 1.51. The lowest BCUT2D eigenvalue weighted by atomic mass is 10.3. The van der Waals surface area contributed by atoms with E-state index in [1.807, 2.05) is 18.5 Å². The number of hydrogen-bond donors (Lipinski definition) is 0. The summed E-state index contributed by atoms with van der Waals surface area (Å²) < 4.78 is 1.87. The van der Waals surface area contributed by atoms with Crippen LogP contribution < -0.4 is 0 Å². The number of hydrogen-bond acceptors (Lipinski definition) is 2. The average Bonchev–Trinajstić information content (AvgIpc) is 2.20. The highest BCUT2D eigenvalue weighted by molar-refractivity contribution is 5.14. The summed E-state index contributed by atoms with van der Waals surface area (Å²) >= 11 is 0. The molecule has 0 N–H and O–H groups in total. The number of rotatable bonds is 1. The van der Waals surface area contributed by atoms with Crippen molar-refractivity contribution in [3.8, 4) is 6.07 Å². The Balaban J connectivity index is 3.01. The number of nitrogens with zero attached hydrogens (tertiary/aromatic N) is 3. The molecule has 0 unspecified atom stereocenters. The molecule has 0 bridgehead atoms. The SMILES string of the molecule is Cc1ncn(C)c1CC#N. The third-order valence-electron chi connectivity index (χ3n) is 1.51. The monoisotopic (exact) mass is 135 g/mol. The molecule has 1 rings (SSSR count). The lowest BCUT2D eigenvalue weighted by Gasteiger charge is -1.95. The van der Waals surface area contributed by atoms with Crippen molar-refractivity contribution in [3.63, 3.8) is 0 Å². The van der Waals surface area contributed by atoms with Gasteiger partial charge in [-0.15, -0.1) is 0 Å². The maximum atomic E-state index is 8.40. The van der Waals surface area contributed by atoms with Crippen molar-refractivity contribution >= 4 is 0 Å². The molecule has 52 valence electrons. The first-order valence-corrected chi connectivity index (χ1v) is 3.09. The molecular weight excluding hydrogens is 126 g/mol. The lowest BCUT2D eigenvalue weighted by molar-refractivity contribution is 0.851. The minimum atomic E-state index is 0.447. The van der Waals surface area contributed by atoms with Gasteiger partial charge >= 0.3 is 0 Å². The van der Waals surface area contributed by atoms with E-state index in [2.05, 4.69) is 11.1 Å². The van der Waals surface area contributed by atoms with Gasteiger partial charge in [0.2, 0.25) is 0 Å². The Labute approximate surface area is 59.9 Å². The first-order valence-electron chi connectivity index (χ1n) is 3.09. The van der Waals surface area contributed by atoms with Gasteiger partial charge in [0.1, 0.15) is 0 Å². The molecule has 0 saturated carbocycles. The molecule has 0 saturated heterocycles. The second kappa shape index (κ2) is 2.53. The minimum Gasteiger partial charge on any atom is -0.337 e. The molecule has 3 heteroatoms. The molecule has 0 atom stereocenters. The van der Waals surface area contributed by atoms with Gasteiger partial charge < -0.3 is 4.57 Å². The van der Waals surface area contributed by atoms with E-state index in [-0.39, 0.29) is 0 Å². The van der Waals surface area contributed by atoms with Crippen LogP contribution in [0.15, 0.2) is 6.33 Å². The van der Waals surface area contributed by atoms with Crippen LogP contribution in [0.2, 0.25) is 0 Å². The van der Waals surface area contributed by atoms with E-state index in [1.54, 1.807) is 6.33 Å². The maximum Gasteiger partial charge on any atom is 0.0949 e. The van der Waals surface area contributed by atoms with E-state index in [0.29, 0.717) is 6.42 Å². The van der Waals surface area contributed by atoms with Crippen LogP contribution in [-0.4, -0.2) is 9.55 Å². The molecule has 0 aliphatic heterocycles. The van der Waals surface area contributed by atoms with Gasteiger partial charge in [-0.05, 0) is 6.92 Å². The van der Waals surface area contributed by atoms with Crippen molar-refractivity contribution in [1.29, 1.82) is 5.26 Å². The van der Waals surface area contributed by atoms with Gasteiger partial charge in [0.05, 0.1) is 30.2 Å². The smallest absolute Gasteiger partial charge is 0.0949 e. The Morgan fingerprint density at radius 3 is 2.90 bits per heavy atom. The van der Waals surface area contributed by atoms with E-state index in [4.69, 9.17) is 5.26 Å². The van der Waals surface area contributed by atoms with Crippen molar-refractivity contribution in [3.05, 3.63) is 17.7 Å². The zero-order chi connectivity index (χ0) is 7.56. The molecule has 0 spiro atoms. The van der Waals surface area contributed by atoms with Crippen molar-refractivity contribution in [2.75, 3.05) is 0 Å². The van der Waals surface area contributed by atoms with Crippen molar-refractivity contribution in [1.82, 2.24) is 9.55 Å². The van der Waals surface area contributed by atoms with Gasteiger partial charge in [-0.25, -0.2) is 4.98 Å². The van der Waals surface area contributed by atoms with Crippen LogP contribution >= 0.6 is 0 Å². The first kappa shape index (κ1) is 6.81. The van der Waals surface area contributed by atoms with E-state index in [9.17, 15) is 0 Å². The molecule has 0 aliphatic rings. The fourth-order valence-corrected chi connectivity index (χ4v) is 0.900. The Morgan fingerprint density at radius 1 is 1.80 bits per heavy atom. The van der Waals surface area contributed by atoms with Crippen molar-refractivity contribution < 1.29 is 0 Å². The largest absolute Gasteiger partial charge is 0.337 e. The van der Waals surface area contributed by atoms with E-state index >= 15 is 0 Å². The molecule has 0 fully saturated rings. The van der Waals surface area contributed by atoms with Crippen LogP contribution in [0.3, 0.4) is 0 Å². The van der Waals surface area contributed by atoms with Crippen molar-refractivity contribution in [2.24, 2.45) is 7.05 Å². The Morgan fingerprint density at radius 2 is 2.50 bits per heavy atom. The van der Waals surface area contributed by atoms with Gasteiger partial charge in [0.25, 0.3) is 0 Å². The topological polar surface area (TPSA) is 41.6 Å². The molecule has 0 radical (unpaired) electrons. The molecule has 0 aromatic carbocycles. The van der Waals surface area contributed by atoms with Crippen LogP contribution in [0.4, 0.5) is 0 Å². The second-order valence-electron chi connectivity index (χ2n) is 2.22. The highest BCUT2D eigenvalue weighted by Gasteiger charge is 2.01. The van der Waals surface area contributed by atoms with Gasteiger partial charge in [-0.1, -0.05) is 0 Å². The summed E-state index contributed by atoms with van der Waals surface area (Å²) in [6, 6.07) is 2.09. The first-order chi connectivity index (χ1) is 4.75. The highest BCUT2D eigenvalue weighted by Crippen LogP contribution is 2.03. The maximum absolute atomic E-state index is 8.40. The zero-order valence-corrected chi connectivity index (χ0v) is 6.13. The highest BCUT2D eigenvalue weighted by atomic mass is 15.0. The molecule has 1 aromatic rings. The van der Waals surface area contributed by atoms with E-state index in [0.717, 1.165) is 11.4 Å². The van der Waals surface area contributed by atoms with Gasteiger partial charge in [0.15, 0.2) is 0 Å². The predicted molar refractivity (Wildman–Crippen MR) is 37.3 cm³/mol. The molecule has 0 amide bonds. The van der Waals surface area contributed by atoms with Crippen LogP contribution in [0.25, 0.3) is 0 Å². The summed E-state index contributed by atoms with van der Waals surface area (Å²) in [5, 5.41) is 8.40. The van der Waals surface area contributed by atoms with Gasteiger partial charge in [-0.2, -0.15) is 5.26 Å². The van der Waals surface area contributed by atoms with Crippen LogP contribution in [-0.2, 0) is 13.5 Å². The Kier molecular flexibility index (Phi) is 1.72. The minimum absolute atomic E-state index is 0.447. The third kappa shape index (κ3) is 1.01.